The zero-order chi connectivity index (χ0) is 12.7. The minimum Gasteiger partial charge on any atom is -0.507 e. The van der Waals surface area contributed by atoms with Gasteiger partial charge in [0, 0.05) is 19.1 Å². The molecule has 3 N–H and O–H groups in total. The Balaban J connectivity index is 1.81. The number of aromatic hydroxyl groups is 2. The molecule has 1 aromatic rings. The minimum atomic E-state index is 0.0665. The Labute approximate surface area is 107 Å². The molecule has 2 aliphatic rings. The van der Waals surface area contributed by atoms with Crippen molar-refractivity contribution in [1.29, 1.82) is 0 Å². The standard InChI is InChI=1S/C14H20N2O2/c1-9(14-12(17)3-2-4-13(14)18)16-7-10-5-15-6-11(10)8-16/h2-4,9-11,15,17-18H,5-8H2,1H3. The molecule has 98 valence electrons. The van der Waals surface area contributed by atoms with E-state index in [4.69, 9.17) is 0 Å². The number of phenolic OH excluding ortho intramolecular Hbond substituents is 2. The van der Waals surface area contributed by atoms with E-state index in [9.17, 15) is 10.2 Å². The number of likely N-dealkylation sites (tertiary alicyclic amines) is 1. The zero-order valence-corrected chi connectivity index (χ0v) is 10.6. The zero-order valence-electron chi connectivity index (χ0n) is 10.6. The maximum Gasteiger partial charge on any atom is 0.124 e. The summed E-state index contributed by atoms with van der Waals surface area (Å²) in [5, 5.41) is 23.3. The lowest BCUT2D eigenvalue weighted by Gasteiger charge is -2.26. The normalized spacial score (nSPS) is 29.4. The number of hydrogen-bond acceptors (Lipinski definition) is 4. The first-order valence-corrected chi connectivity index (χ1v) is 6.62. The monoisotopic (exact) mass is 248 g/mol. The average Bonchev–Trinajstić information content (AvgIpc) is 2.88. The molecule has 0 amide bonds. The van der Waals surface area contributed by atoms with Gasteiger partial charge in [-0.2, -0.15) is 0 Å². The molecule has 2 heterocycles. The number of nitrogens with one attached hydrogen (secondary N) is 1. The Kier molecular flexibility index (Phi) is 2.92. The van der Waals surface area contributed by atoms with E-state index in [1.54, 1.807) is 18.2 Å². The molecular formula is C14H20N2O2. The number of benzene rings is 1. The molecule has 0 saturated carbocycles. The molecule has 0 radical (unpaired) electrons. The smallest absolute Gasteiger partial charge is 0.124 e. The van der Waals surface area contributed by atoms with Gasteiger partial charge in [-0.25, -0.2) is 0 Å². The summed E-state index contributed by atoms with van der Waals surface area (Å²) in [5.41, 5.74) is 0.658. The van der Waals surface area contributed by atoms with Crippen LogP contribution in [0.4, 0.5) is 0 Å². The molecule has 0 aliphatic carbocycles. The van der Waals surface area contributed by atoms with Gasteiger partial charge in [-0.3, -0.25) is 4.90 Å². The SMILES string of the molecule is CC(c1c(O)cccc1O)N1CC2CNCC2C1. The topological polar surface area (TPSA) is 55.7 Å². The number of nitrogens with zero attached hydrogens (tertiary/aromatic N) is 1. The summed E-state index contributed by atoms with van der Waals surface area (Å²) in [4.78, 5) is 2.37. The van der Waals surface area contributed by atoms with Crippen molar-refractivity contribution in [1.82, 2.24) is 10.2 Å². The Morgan fingerprint density at radius 3 is 2.28 bits per heavy atom. The van der Waals surface area contributed by atoms with Crippen LogP contribution in [0.5, 0.6) is 11.5 Å². The van der Waals surface area contributed by atoms with Crippen LogP contribution in [-0.4, -0.2) is 41.3 Å². The lowest BCUT2D eigenvalue weighted by Crippen LogP contribution is -2.28. The van der Waals surface area contributed by atoms with Crippen molar-refractivity contribution < 1.29 is 10.2 Å². The third kappa shape index (κ3) is 1.85. The highest BCUT2D eigenvalue weighted by Gasteiger charge is 2.38. The van der Waals surface area contributed by atoms with Gasteiger partial charge in [0.2, 0.25) is 0 Å². The highest BCUT2D eigenvalue weighted by atomic mass is 16.3. The maximum atomic E-state index is 9.93. The molecule has 0 bridgehead atoms. The highest BCUT2D eigenvalue weighted by molar-refractivity contribution is 5.45. The molecule has 2 aliphatic heterocycles. The van der Waals surface area contributed by atoms with E-state index in [1.807, 2.05) is 0 Å². The van der Waals surface area contributed by atoms with Gasteiger partial charge < -0.3 is 15.5 Å². The van der Waals surface area contributed by atoms with Crippen molar-refractivity contribution in [2.75, 3.05) is 26.2 Å². The minimum absolute atomic E-state index is 0.0665. The van der Waals surface area contributed by atoms with Gasteiger partial charge in [0.15, 0.2) is 0 Å². The fraction of sp³-hybridized carbons (Fsp3) is 0.571. The van der Waals surface area contributed by atoms with E-state index in [0.29, 0.717) is 5.56 Å². The Morgan fingerprint density at radius 2 is 1.72 bits per heavy atom. The van der Waals surface area contributed by atoms with Crippen molar-refractivity contribution in [2.24, 2.45) is 11.8 Å². The van der Waals surface area contributed by atoms with Gasteiger partial charge in [0.1, 0.15) is 11.5 Å². The van der Waals surface area contributed by atoms with Crippen molar-refractivity contribution >= 4 is 0 Å². The van der Waals surface area contributed by atoms with Gasteiger partial charge >= 0.3 is 0 Å². The second-order valence-corrected chi connectivity index (χ2v) is 5.52. The second-order valence-electron chi connectivity index (χ2n) is 5.52. The summed E-state index contributed by atoms with van der Waals surface area (Å²) in [6.45, 7) is 6.35. The molecule has 3 unspecified atom stereocenters. The van der Waals surface area contributed by atoms with Crippen LogP contribution < -0.4 is 5.32 Å². The van der Waals surface area contributed by atoms with Crippen molar-refractivity contribution in [3.63, 3.8) is 0 Å². The van der Waals surface area contributed by atoms with Gasteiger partial charge in [0.25, 0.3) is 0 Å². The third-order valence-electron chi connectivity index (χ3n) is 4.44. The maximum absolute atomic E-state index is 9.93. The van der Waals surface area contributed by atoms with E-state index in [0.717, 1.165) is 38.0 Å². The number of phenols is 2. The Bertz CT molecular complexity index is 417. The van der Waals surface area contributed by atoms with Gasteiger partial charge in [-0.15, -0.1) is 0 Å². The molecule has 0 aromatic heterocycles. The number of fused-ring (bicyclic) bond motifs is 1. The van der Waals surface area contributed by atoms with Gasteiger partial charge in [0.05, 0.1) is 5.56 Å². The number of rotatable bonds is 2. The first-order chi connectivity index (χ1) is 8.66. The predicted octanol–water partition coefficient (Wildman–Crippen LogP) is 1.31. The summed E-state index contributed by atoms with van der Waals surface area (Å²) in [6, 6.07) is 5.02. The quantitative estimate of drug-likeness (QED) is 0.738. The van der Waals surface area contributed by atoms with Crippen LogP contribution in [0.3, 0.4) is 0 Å². The number of hydrogen-bond donors (Lipinski definition) is 3. The highest BCUT2D eigenvalue weighted by Crippen LogP contribution is 2.39. The second kappa shape index (κ2) is 4.44. The molecule has 18 heavy (non-hydrogen) atoms. The molecular weight excluding hydrogens is 228 g/mol. The fourth-order valence-corrected chi connectivity index (χ4v) is 3.36. The van der Waals surface area contributed by atoms with Crippen molar-refractivity contribution in [3.8, 4) is 11.5 Å². The summed E-state index contributed by atoms with van der Waals surface area (Å²) in [6.07, 6.45) is 0. The van der Waals surface area contributed by atoms with Gasteiger partial charge in [-0.1, -0.05) is 6.07 Å². The van der Waals surface area contributed by atoms with Crippen LogP contribution >= 0.6 is 0 Å². The van der Waals surface area contributed by atoms with Crippen molar-refractivity contribution in [3.05, 3.63) is 23.8 Å². The van der Waals surface area contributed by atoms with Crippen LogP contribution in [0.15, 0.2) is 18.2 Å². The summed E-state index contributed by atoms with van der Waals surface area (Å²) < 4.78 is 0. The van der Waals surface area contributed by atoms with E-state index in [2.05, 4.69) is 17.1 Å². The van der Waals surface area contributed by atoms with Crippen LogP contribution in [0.2, 0.25) is 0 Å². The molecule has 0 spiro atoms. The summed E-state index contributed by atoms with van der Waals surface area (Å²) in [7, 11) is 0. The Hall–Kier alpha value is -1.26. The summed E-state index contributed by atoms with van der Waals surface area (Å²) in [5.74, 6) is 1.83. The molecule has 4 nitrogen and oxygen atoms in total. The van der Waals surface area contributed by atoms with E-state index in [-0.39, 0.29) is 17.5 Å². The molecule has 4 heteroatoms. The van der Waals surface area contributed by atoms with E-state index < -0.39 is 0 Å². The Morgan fingerprint density at radius 1 is 1.17 bits per heavy atom. The molecule has 3 atom stereocenters. The third-order valence-corrected chi connectivity index (χ3v) is 4.44. The average molecular weight is 248 g/mol. The van der Waals surface area contributed by atoms with Crippen LogP contribution in [0.25, 0.3) is 0 Å². The van der Waals surface area contributed by atoms with E-state index in [1.165, 1.54) is 0 Å². The van der Waals surface area contributed by atoms with Crippen LogP contribution in [0, 0.1) is 11.8 Å². The van der Waals surface area contributed by atoms with E-state index >= 15 is 0 Å². The molecule has 2 saturated heterocycles. The predicted molar refractivity (Wildman–Crippen MR) is 69.6 cm³/mol. The van der Waals surface area contributed by atoms with Crippen molar-refractivity contribution in [2.45, 2.75) is 13.0 Å². The lowest BCUT2D eigenvalue weighted by molar-refractivity contribution is 0.234. The first kappa shape index (κ1) is 11.8. The summed E-state index contributed by atoms with van der Waals surface area (Å²) >= 11 is 0. The molecule has 1 aromatic carbocycles. The molecule has 3 rings (SSSR count). The fourth-order valence-electron chi connectivity index (χ4n) is 3.36. The largest absolute Gasteiger partial charge is 0.507 e. The first-order valence-electron chi connectivity index (χ1n) is 6.62. The molecule has 2 fully saturated rings. The lowest BCUT2D eigenvalue weighted by atomic mass is 10.0. The van der Waals surface area contributed by atoms with Crippen LogP contribution in [-0.2, 0) is 0 Å². The van der Waals surface area contributed by atoms with Gasteiger partial charge in [-0.05, 0) is 44.0 Å². The van der Waals surface area contributed by atoms with Crippen LogP contribution in [0.1, 0.15) is 18.5 Å².